The fraction of sp³-hybridized carbons (Fsp3) is 0.333. The minimum Gasteiger partial charge on any atom is -0.495 e. The fourth-order valence-corrected chi connectivity index (χ4v) is 2.05. The van der Waals surface area contributed by atoms with Crippen molar-refractivity contribution in [3.63, 3.8) is 0 Å². The number of carbonyl (C=O) groups is 2. The average molecular weight is 250 g/mol. The lowest BCUT2D eigenvalue weighted by Gasteiger charge is -2.23. The molecule has 0 saturated carbocycles. The van der Waals surface area contributed by atoms with Crippen molar-refractivity contribution < 1.29 is 19.4 Å². The van der Waals surface area contributed by atoms with Crippen LogP contribution >= 0.6 is 0 Å². The van der Waals surface area contributed by atoms with E-state index >= 15 is 0 Å². The van der Waals surface area contributed by atoms with Crippen molar-refractivity contribution in [2.75, 3.05) is 18.6 Å². The van der Waals surface area contributed by atoms with E-state index in [1.807, 2.05) is 0 Å². The Bertz CT molecular complexity index is 475. The second kappa shape index (κ2) is 4.95. The second-order valence-electron chi connectivity index (χ2n) is 3.98. The molecule has 0 aromatic heterocycles. The molecule has 2 rings (SSSR count). The maximum atomic E-state index is 11.8. The Balaban J connectivity index is 2.33. The predicted octanol–water partition coefficient (Wildman–Crippen LogP) is 1.07. The molecule has 6 nitrogen and oxygen atoms in total. The number of carboxylic acid groups (broad SMARTS) is 1. The van der Waals surface area contributed by atoms with Gasteiger partial charge in [-0.1, -0.05) is 12.1 Å². The number of nitrogens with zero attached hydrogens (tertiary/aromatic N) is 1. The van der Waals surface area contributed by atoms with Crippen molar-refractivity contribution in [3.8, 4) is 5.75 Å². The zero-order valence-corrected chi connectivity index (χ0v) is 9.92. The van der Waals surface area contributed by atoms with Crippen molar-refractivity contribution in [3.05, 3.63) is 24.3 Å². The van der Waals surface area contributed by atoms with E-state index in [1.165, 1.54) is 12.0 Å². The number of rotatable bonds is 4. The van der Waals surface area contributed by atoms with Crippen LogP contribution < -0.4 is 15.0 Å². The highest BCUT2D eigenvalue weighted by molar-refractivity contribution is 5.97. The third-order valence-electron chi connectivity index (χ3n) is 2.83. The van der Waals surface area contributed by atoms with Crippen LogP contribution in [0.25, 0.3) is 0 Å². The number of nitrogens with one attached hydrogen (secondary N) is 1. The molecule has 2 N–H and O–H groups in total. The zero-order valence-electron chi connectivity index (χ0n) is 9.92. The Labute approximate surface area is 104 Å². The van der Waals surface area contributed by atoms with Crippen LogP contribution in [0.5, 0.6) is 5.75 Å². The van der Waals surface area contributed by atoms with Crippen LogP contribution in [0.4, 0.5) is 10.5 Å². The molecule has 1 aliphatic rings. The van der Waals surface area contributed by atoms with Gasteiger partial charge in [0.1, 0.15) is 5.75 Å². The molecule has 0 spiro atoms. The van der Waals surface area contributed by atoms with E-state index in [4.69, 9.17) is 9.84 Å². The Hall–Kier alpha value is -2.24. The number of amides is 2. The zero-order chi connectivity index (χ0) is 13.1. The van der Waals surface area contributed by atoms with Gasteiger partial charge >= 0.3 is 12.0 Å². The monoisotopic (exact) mass is 250 g/mol. The molecule has 1 aromatic rings. The molecule has 6 heteroatoms. The Morgan fingerprint density at radius 1 is 1.56 bits per heavy atom. The largest absolute Gasteiger partial charge is 0.495 e. The predicted molar refractivity (Wildman–Crippen MR) is 64.9 cm³/mol. The molecule has 1 saturated heterocycles. The van der Waals surface area contributed by atoms with Crippen molar-refractivity contribution in [2.45, 2.75) is 12.5 Å². The fourth-order valence-electron chi connectivity index (χ4n) is 2.05. The van der Waals surface area contributed by atoms with Crippen LogP contribution in [0.3, 0.4) is 0 Å². The smallest absolute Gasteiger partial charge is 0.322 e. The summed E-state index contributed by atoms with van der Waals surface area (Å²) in [5, 5.41) is 11.5. The van der Waals surface area contributed by atoms with Gasteiger partial charge in [-0.05, 0) is 12.1 Å². The van der Waals surface area contributed by atoms with Crippen LogP contribution in [0, 0.1) is 0 Å². The molecule has 0 radical (unpaired) electrons. The second-order valence-corrected chi connectivity index (χ2v) is 3.98. The van der Waals surface area contributed by atoms with E-state index in [-0.39, 0.29) is 12.5 Å². The van der Waals surface area contributed by atoms with E-state index < -0.39 is 12.0 Å². The Morgan fingerprint density at radius 3 is 2.94 bits per heavy atom. The molecular formula is C12H14N2O4. The van der Waals surface area contributed by atoms with Gasteiger partial charge in [-0.15, -0.1) is 0 Å². The van der Waals surface area contributed by atoms with Crippen molar-refractivity contribution in [2.24, 2.45) is 0 Å². The topological polar surface area (TPSA) is 78.9 Å². The van der Waals surface area contributed by atoms with E-state index in [2.05, 4.69) is 5.32 Å². The number of carboxylic acids is 1. The Morgan fingerprint density at radius 2 is 2.28 bits per heavy atom. The molecule has 1 heterocycles. The van der Waals surface area contributed by atoms with Gasteiger partial charge in [0.25, 0.3) is 0 Å². The van der Waals surface area contributed by atoms with Gasteiger partial charge in [0.15, 0.2) is 0 Å². The standard InChI is InChI=1S/C12H14N2O4/c1-18-10-5-3-2-4-9(10)14-8(6-11(15)16)7-13-12(14)17/h2-5,8H,6-7H2,1H3,(H,13,17)(H,15,16). The van der Waals surface area contributed by atoms with Gasteiger partial charge in [-0.3, -0.25) is 9.69 Å². The third-order valence-corrected chi connectivity index (χ3v) is 2.83. The molecular weight excluding hydrogens is 236 g/mol. The van der Waals surface area contributed by atoms with Crippen molar-refractivity contribution in [1.29, 1.82) is 0 Å². The van der Waals surface area contributed by atoms with Crippen LogP contribution in [0.15, 0.2) is 24.3 Å². The number of benzene rings is 1. The molecule has 1 aliphatic heterocycles. The molecule has 1 fully saturated rings. The molecule has 1 atom stereocenters. The summed E-state index contributed by atoms with van der Waals surface area (Å²) < 4.78 is 5.19. The van der Waals surface area contributed by atoms with Gasteiger partial charge in [-0.2, -0.15) is 0 Å². The maximum absolute atomic E-state index is 11.8. The first kappa shape index (κ1) is 12.2. The van der Waals surface area contributed by atoms with Crippen LogP contribution in [0.1, 0.15) is 6.42 Å². The summed E-state index contributed by atoms with van der Waals surface area (Å²) in [5.74, 6) is -0.388. The summed E-state index contributed by atoms with van der Waals surface area (Å²) in [7, 11) is 1.51. The molecule has 96 valence electrons. The number of anilines is 1. The highest BCUT2D eigenvalue weighted by Crippen LogP contribution is 2.31. The molecule has 0 bridgehead atoms. The van der Waals surface area contributed by atoms with Crippen molar-refractivity contribution in [1.82, 2.24) is 5.32 Å². The third kappa shape index (κ3) is 2.22. The first-order chi connectivity index (χ1) is 8.63. The summed E-state index contributed by atoms with van der Waals surface area (Å²) >= 11 is 0. The lowest BCUT2D eigenvalue weighted by atomic mass is 10.1. The molecule has 1 unspecified atom stereocenters. The summed E-state index contributed by atoms with van der Waals surface area (Å²) in [4.78, 5) is 24.0. The number of ether oxygens (including phenoxy) is 1. The highest BCUT2D eigenvalue weighted by Gasteiger charge is 2.34. The quantitative estimate of drug-likeness (QED) is 0.837. The van der Waals surface area contributed by atoms with E-state index in [9.17, 15) is 9.59 Å². The normalized spacial score (nSPS) is 18.6. The van der Waals surface area contributed by atoms with Crippen LogP contribution in [-0.2, 0) is 4.79 Å². The lowest BCUT2D eigenvalue weighted by Crippen LogP contribution is -2.35. The van der Waals surface area contributed by atoms with Gasteiger partial charge in [0.05, 0.1) is 25.3 Å². The first-order valence-electron chi connectivity index (χ1n) is 5.55. The summed E-state index contributed by atoms with van der Waals surface area (Å²) in [5.41, 5.74) is 0.584. The van der Waals surface area contributed by atoms with E-state index in [1.54, 1.807) is 24.3 Å². The number of methoxy groups -OCH3 is 1. The number of urea groups is 1. The van der Waals surface area contributed by atoms with Crippen LogP contribution in [0.2, 0.25) is 0 Å². The number of para-hydroxylation sites is 2. The van der Waals surface area contributed by atoms with E-state index in [0.717, 1.165) is 0 Å². The Kier molecular flexibility index (Phi) is 3.36. The molecule has 18 heavy (non-hydrogen) atoms. The van der Waals surface area contributed by atoms with Gasteiger partial charge in [0.2, 0.25) is 0 Å². The minimum atomic E-state index is -0.934. The minimum absolute atomic E-state index is 0.100. The number of carbonyl (C=O) groups excluding carboxylic acids is 1. The molecule has 2 amide bonds. The van der Waals surface area contributed by atoms with Gasteiger partial charge in [-0.25, -0.2) is 4.79 Å². The highest BCUT2D eigenvalue weighted by atomic mass is 16.5. The summed E-state index contributed by atoms with van der Waals surface area (Å²) in [6, 6.07) is 6.35. The van der Waals surface area contributed by atoms with Gasteiger partial charge in [0, 0.05) is 6.54 Å². The number of aliphatic carboxylic acids is 1. The summed E-state index contributed by atoms with van der Waals surface area (Å²) in [6.07, 6.45) is -0.100. The molecule has 1 aromatic carbocycles. The van der Waals surface area contributed by atoms with Crippen molar-refractivity contribution >= 4 is 17.7 Å². The lowest BCUT2D eigenvalue weighted by molar-refractivity contribution is -0.137. The van der Waals surface area contributed by atoms with Crippen LogP contribution in [-0.4, -0.2) is 36.8 Å². The summed E-state index contributed by atoms with van der Waals surface area (Å²) in [6.45, 7) is 0.323. The SMILES string of the molecule is COc1ccccc1N1C(=O)NCC1CC(=O)O. The number of hydrogen-bond acceptors (Lipinski definition) is 3. The number of hydrogen-bond donors (Lipinski definition) is 2. The van der Waals surface area contributed by atoms with Gasteiger partial charge < -0.3 is 15.2 Å². The molecule has 0 aliphatic carbocycles. The average Bonchev–Trinajstić information content (AvgIpc) is 2.69. The first-order valence-corrected chi connectivity index (χ1v) is 5.55. The maximum Gasteiger partial charge on any atom is 0.322 e. The van der Waals surface area contributed by atoms with E-state index in [0.29, 0.717) is 18.0 Å².